The van der Waals surface area contributed by atoms with Crippen molar-refractivity contribution in [2.75, 3.05) is 7.11 Å². The van der Waals surface area contributed by atoms with Gasteiger partial charge in [-0.3, -0.25) is 9.78 Å². The highest BCUT2D eigenvalue weighted by atomic mass is 16.5. The molecule has 1 aromatic heterocycles. The molecule has 2 aromatic carbocycles. The Hall–Kier alpha value is -3.47. The molecule has 0 bridgehead atoms. The molecule has 0 fully saturated rings. The van der Waals surface area contributed by atoms with Crippen molar-refractivity contribution in [2.45, 2.75) is 6.92 Å². The predicted octanol–water partition coefficient (Wildman–Crippen LogP) is 3.98. The molecule has 0 saturated carbocycles. The van der Waals surface area contributed by atoms with Crippen LogP contribution >= 0.6 is 0 Å². The average molecular weight is 345 g/mol. The zero-order valence-corrected chi connectivity index (χ0v) is 14.6. The van der Waals surface area contributed by atoms with Gasteiger partial charge in [0.25, 0.3) is 5.91 Å². The smallest absolute Gasteiger partial charge is 0.272 e. The van der Waals surface area contributed by atoms with E-state index in [2.05, 4.69) is 15.5 Å². The summed E-state index contributed by atoms with van der Waals surface area (Å²) >= 11 is 0. The lowest BCUT2D eigenvalue weighted by Crippen LogP contribution is -2.18. The fourth-order valence-electron chi connectivity index (χ4n) is 2.65. The van der Waals surface area contributed by atoms with Gasteiger partial charge < -0.3 is 4.74 Å². The average Bonchev–Trinajstić information content (AvgIpc) is 2.67. The number of pyridine rings is 1. The maximum absolute atomic E-state index is 12.4. The van der Waals surface area contributed by atoms with Crippen LogP contribution in [0.4, 0.5) is 0 Å². The first-order valence-corrected chi connectivity index (χ1v) is 8.18. The van der Waals surface area contributed by atoms with E-state index < -0.39 is 0 Å². The van der Waals surface area contributed by atoms with E-state index in [1.54, 1.807) is 19.3 Å². The quantitative estimate of drug-likeness (QED) is 0.562. The van der Waals surface area contributed by atoms with Crippen LogP contribution in [0.15, 0.2) is 65.8 Å². The van der Waals surface area contributed by atoms with Gasteiger partial charge >= 0.3 is 0 Å². The van der Waals surface area contributed by atoms with Crippen molar-refractivity contribution in [3.8, 4) is 5.75 Å². The van der Waals surface area contributed by atoms with Gasteiger partial charge in [-0.05, 0) is 37.3 Å². The van der Waals surface area contributed by atoms with Gasteiger partial charge in [0.1, 0.15) is 5.75 Å². The highest BCUT2D eigenvalue weighted by molar-refractivity contribution is 6.06. The van der Waals surface area contributed by atoms with Crippen molar-refractivity contribution in [1.29, 1.82) is 0 Å². The number of methoxy groups -OCH3 is 1. The molecule has 0 unspecified atom stereocenters. The van der Waals surface area contributed by atoms with Gasteiger partial charge in [-0.1, -0.05) is 36.4 Å². The van der Waals surface area contributed by atoms with E-state index in [-0.39, 0.29) is 5.91 Å². The number of nitrogens with zero attached hydrogens (tertiary/aromatic N) is 2. The number of carbonyl (C=O) groups is 1. The molecule has 0 aliphatic carbocycles. The van der Waals surface area contributed by atoms with E-state index in [4.69, 9.17) is 4.74 Å². The van der Waals surface area contributed by atoms with Gasteiger partial charge in [0, 0.05) is 22.9 Å². The van der Waals surface area contributed by atoms with Crippen LogP contribution in [0, 0.1) is 6.92 Å². The second kappa shape index (κ2) is 8.07. The highest BCUT2D eigenvalue weighted by Gasteiger charge is 2.10. The van der Waals surface area contributed by atoms with E-state index in [9.17, 15) is 4.79 Å². The van der Waals surface area contributed by atoms with Crippen LogP contribution in [0.2, 0.25) is 0 Å². The van der Waals surface area contributed by atoms with Crippen molar-refractivity contribution in [3.63, 3.8) is 0 Å². The topological polar surface area (TPSA) is 63.6 Å². The maximum Gasteiger partial charge on any atom is 0.272 e. The minimum Gasteiger partial charge on any atom is -0.496 e. The van der Waals surface area contributed by atoms with Crippen molar-refractivity contribution >= 4 is 29.1 Å². The van der Waals surface area contributed by atoms with Crippen molar-refractivity contribution < 1.29 is 9.53 Å². The molecule has 1 N–H and O–H groups in total. The van der Waals surface area contributed by atoms with Gasteiger partial charge in [0.2, 0.25) is 0 Å². The van der Waals surface area contributed by atoms with Crippen LogP contribution in [0.3, 0.4) is 0 Å². The molecule has 1 amide bonds. The Kier molecular flexibility index (Phi) is 5.39. The Morgan fingerprint density at radius 1 is 1.15 bits per heavy atom. The van der Waals surface area contributed by atoms with Crippen LogP contribution in [-0.2, 0) is 0 Å². The summed E-state index contributed by atoms with van der Waals surface area (Å²) in [4.78, 5) is 16.9. The number of benzene rings is 2. The Bertz CT molecular complexity index is 993. The molecule has 130 valence electrons. The van der Waals surface area contributed by atoms with Gasteiger partial charge in [-0.25, -0.2) is 5.43 Å². The molecule has 0 aliphatic rings. The number of allylic oxidation sites excluding steroid dienone is 1. The predicted molar refractivity (Wildman–Crippen MR) is 104 cm³/mol. The number of hydrogen-bond donors (Lipinski definition) is 1. The summed E-state index contributed by atoms with van der Waals surface area (Å²) in [6.07, 6.45) is 5.13. The lowest BCUT2D eigenvalue weighted by atomic mass is 10.1. The van der Waals surface area contributed by atoms with Gasteiger partial charge in [0.05, 0.1) is 18.2 Å². The Morgan fingerprint density at radius 3 is 2.77 bits per heavy atom. The molecule has 0 atom stereocenters. The lowest BCUT2D eigenvalue weighted by Gasteiger charge is -2.06. The van der Waals surface area contributed by atoms with Crippen molar-refractivity contribution in [1.82, 2.24) is 10.4 Å². The van der Waals surface area contributed by atoms with Gasteiger partial charge in [0.15, 0.2) is 0 Å². The van der Waals surface area contributed by atoms with Crippen LogP contribution in [0.1, 0.15) is 21.6 Å². The molecule has 0 saturated heterocycles. The zero-order chi connectivity index (χ0) is 18.4. The van der Waals surface area contributed by atoms with Crippen LogP contribution in [0.5, 0.6) is 5.75 Å². The summed E-state index contributed by atoms with van der Waals surface area (Å²) in [5, 5.41) is 4.78. The number of fused-ring (bicyclic) bond motifs is 1. The third-order valence-corrected chi connectivity index (χ3v) is 3.83. The number of hydrogen-bond acceptors (Lipinski definition) is 4. The monoisotopic (exact) mass is 345 g/mol. The largest absolute Gasteiger partial charge is 0.496 e. The molecular formula is C21H19N3O2. The number of aryl methyl sites for hydroxylation is 1. The molecule has 3 rings (SSSR count). The summed E-state index contributed by atoms with van der Waals surface area (Å²) in [5.41, 5.74) is 5.62. The molecule has 3 aromatic rings. The summed E-state index contributed by atoms with van der Waals surface area (Å²) in [6, 6.07) is 17.0. The lowest BCUT2D eigenvalue weighted by molar-refractivity contribution is 0.0956. The Labute approximate surface area is 152 Å². The summed E-state index contributed by atoms with van der Waals surface area (Å²) < 4.78 is 5.28. The first-order valence-electron chi connectivity index (χ1n) is 8.18. The molecule has 0 radical (unpaired) electrons. The maximum atomic E-state index is 12.4. The number of rotatable bonds is 5. The highest BCUT2D eigenvalue weighted by Crippen LogP contribution is 2.19. The van der Waals surface area contributed by atoms with Crippen LogP contribution < -0.4 is 10.2 Å². The Morgan fingerprint density at radius 2 is 1.92 bits per heavy atom. The number of nitrogens with one attached hydrogen (secondary N) is 1. The minimum atomic E-state index is -0.270. The standard InChI is InChI=1S/C21H19N3O2/c1-15-14-18(17-10-4-5-11-19(17)23-15)21(25)24-22-13-7-9-16-8-3-6-12-20(16)26-2/h3-14H,1-2H3,(H,24,25)/b9-7+,22-13+. The van der Waals surface area contributed by atoms with E-state index in [0.29, 0.717) is 5.56 Å². The van der Waals surface area contributed by atoms with Crippen LogP contribution in [0.25, 0.3) is 17.0 Å². The normalized spacial score (nSPS) is 11.3. The van der Waals surface area contributed by atoms with Crippen molar-refractivity contribution in [2.24, 2.45) is 5.10 Å². The minimum absolute atomic E-state index is 0.270. The number of aromatic nitrogens is 1. The molecule has 5 heteroatoms. The van der Waals surface area contributed by atoms with E-state index in [1.165, 1.54) is 6.21 Å². The van der Waals surface area contributed by atoms with E-state index >= 15 is 0 Å². The molecule has 1 heterocycles. The molecular weight excluding hydrogens is 326 g/mol. The van der Waals surface area contributed by atoms with Gasteiger partial charge in [-0.2, -0.15) is 5.10 Å². The number of hydrazone groups is 1. The second-order valence-corrected chi connectivity index (χ2v) is 5.65. The first-order chi connectivity index (χ1) is 12.7. The molecule has 0 spiro atoms. The van der Waals surface area contributed by atoms with E-state index in [1.807, 2.05) is 61.5 Å². The first kappa shape index (κ1) is 17.4. The summed E-state index contributed by atoms with van der Waals surface area (Å²) in [5.74, 6) is 0.508. The SMILES string of the molecule is COc1ccccc1/C=C/C=N/NC(=O)c1cc(C)nc2ccccc12. The summed E-state index contributed by atoms with van der Waals surface area (Å²) in [7, 11) is 1.63. The van der Waals surface area contributed by atoms with E-state index in [0.717, 1.165) is 27.9 Å². The second-order valence-electron chi connectivity index (χ2n) is 5.65. The fraction of sp³-hybridized carbons (Fsp3) is 0.0952. The number of carbonyl (C=O) groups excluding carboxylic acids is 1. The summed E-state index contributed by atoms with van der Waals surface area (Å²) in [6.45, 7) is 1.86. The zero-order valence-electron chi connectivity index (χ0n) is 14.6. The molecule has 26 heavy (non-hydrogen) atoms. The Balaban J connectivity index is 1.71. The fourth-order valence-corrected chi connectivity index (χ4v) is 2.65. The number of para-hydroxylation sites is 2. The van der Waals surface area contributed by atoms with Gasteiger partial charge in [-0.15, -0.1) is 0 Å². The third kappa shape index (κ3) is 3.95. The number of ether oxygens (including phenoxy) is 1. The van der Waals surface area contributed by atoms with Crippen molar-refractivity contribution in [3.05, 3.63) is 77.5 Å². The molecule has 5 nitrogen and oxygen atoms in total. The number of amides is 1. The van der Waals surface area contributed by atoms with Crippen LogP contribution in [-0.4, -0.2) is 24.2 Å². The third-order valence-electron chi connectivity index (χ3n) is 3.83. The molecule has 0 aliphatic heterocycles.